The van der Waals surface area contributed by atoms with Gasteiger partial charge in [-0.2, -0.15) is 0 Å². The van der Waals surface area contributed by atoms with Crippen LogP contribution >= 0.6 is 0 Å². The zero-order chi connectivity index (χ0) is 25.4. The number of aromatic nitrogens is 1. The Morgan fingerprint density at radius 3 is 2.03 bits per heavy atom. The summed E-state index contributed by atoms with van der Waals surface area (Å²) < 4.78 is 2.41. The Labute approximate surface area is 222 Å². The maximum absolute atomic E-state index is 2.47. The summed E-state index contributed by atoms with van der Waals surface area (Å²) in [5.74, 6) is 0. The number of hydrogen-bond acceptors (Lipinski definition) is 1. The Balaban J connectivity index is 1.55. The lowest BCUT2D eigenvalue weighted by molar-refractivity contribution is 1.18. The summed E-state index contributed by atoms with van der Waals surface area (Å²) in [4.78, 5) is 2.47. The van der Waals surface area contributed by atoms with Crippen LogP contribution in [0.2, 0.25) is 0 Å². The van der Waals surface area contributed by atoms with Crippen molar-refractivity contribution in [3.05, 3.63) is 132 Å². The van der Waals surface area contributed by atoms with Gasteiger partial charge in [0, 0.05) is 33.1 Å². The van der Waals surface area contributed by atoms with E-state index in [4.69, 9.17) is 0 Å². The Kier molecular flexibility index (Phi) is 4.39. The number of hydrogen-bond donors (Lipinski definition) is 0. The Morgan fingerprint density at radius 2 is 1.21 bits per heavy atom. The van der Waals surface area contributed by atoms with Crippen LogP contribution in [0.5, 0.6) is 0 Å². The molecule has 0 unspecified atom stereocenters. The normalized spacial score (nSPS) is 12.4. The highest BCUT2D eigenvalue weighted by molar-refractivity contribution is 6.18. The Morgan fingerprint density at radius 1 is 0.474 bits per heavy atom. The largest absolute Gasteiger partial charge is 0.309 e. The minimum atomic E-state index is 1.18. The zero-order valence-electron chi connectivity index (χ0n) is 21.4. The van der Waals surface area contributed by atoms with Crippen molar-refractivity contribution in [2.45, 2.75) is 13.8 Å². The number of rotatable bonds is 2. The Hall–Kier alpha value is -4.82. The van der Waals surface area contributed by atoms with E-state index in [1.807, 2.05) is 0 Å². The third-order valence-corrected chi connectivity index (χ3v) is 7.92. The average molecular weight is 487 g/mol. The first-order chi connectivity index (χ1) is 18.7. The van der Waals surface area contributed by atoms with E-state index in [1.165, 1.54) is 77.6 Å². The molecule has 2 heteroatoms. The van der Waals surface area contributed by atoms with Crippen molar-refractivity contribution in [3.8, 4) is 16.8 Å². The van der Waals surface area contributed by atoms with Gasteiger partial charge in [0.05, 0.1) is 22.4 Å². The molecular weight excluding hydrogens is 460 g/mol. The van der Waals surface area contributed by atoms with E-state index >= 15 is 0 Å². The third kappa shape index (κ3) is 2.95. The van der Waals surface area contributed by atoms with Crippen molar-refractivity contribution >= 4 is 49.6 Å². The van der Waals surface area contributed by atoms with Crippen LogP contribution < -0.4 is 4.90 Å². The quantitative estimate of drug-likeness (QED) is 0.236. The van der Waals surface area contributed by atoms with E-state index in [2.05, 4.69) is 145 Å². The summed E-state index contributed by atoms with van der Waals surface area (Å²) in [6.45, 7) is 4.37. The van der Waals surface area contributed by atoms with Gasteiger partial charge in [-0.05, 0) is 84.5 Å². The van der Waals surface area contributed by atoms with Crippen molar-refractivity contribution in [3.63, 3.8) is 0 Å². The minimum Gasteiger partial charge on any atom is -0.309 e. The number of para-hydroxylation sites is 2. The molecular formula is C36H26N2. The summed E-state index contributed by atoms with van der Waals surface area (Å²) in [6, 6.07) is 44.6. The van der Waals surface area contributed by atoms with E-state index in [9.17, 15) is 0 Å². The van der Waals surface area contributed by atoms with Crippen LogP contribution in [0.25, 0.3) is 49.4 Å². The van der Waals surface area contributed by atoms with Gasteiger partial charge in [-0.1, -0.05) is 72.8 Å². The molecule has 2 nitrogen and oxygen atoms in total. The highest BCUT2D eigenvalue weighted by Crippen LogP contribution is 2.53. The fourth-order valence-corrected chi connectivity index (χ4v) is 6.48. The second kappa shape index (κ2) is 7.84. The molecule has 0 N–H and O–H groups in total. The number of benzene rings is 6. The van der Waals surface area contributed by atoms with Gasteiger partial charge in [-0.3, -0.25) is 0 Å². The van der Waals surface area contributed by atoms with Crippen LogP contribution in [-0.2, 0) is 0 Å². The molecule has 0 bridgehead atoms. The molecule has 0 amide bonds. The lowest BCUT2D eigenvalue weighted by Gasteiger charge is -2.34. The van der Waals surface area contributed by atoms with Crippen molar-refractivity contribution in [2.75, 3.05) is 4.90 Å². The maximum atomic E-state index is 2.47. The number of anilines is 3. The molecule has 0 radical (unpaired) electrons. The molecule has 8 rings (SSSR count). The molecule has 1 aliphatic heterocycles. The highest BCUT2D eigenvalue weighted by atomic mass is 15.2. The molecule has 0 saturated carbocycles. The van der Waals surface area contributed by atoms with Crippen molar-refractivity contribution < 1.29 is 0 Å². The van der Waals surface area contributed by atoms with Gasteiger partial charge in [0.15, 0.2) is 0 Å². The molecule has 180 valence electrons. The molecule has 0 aliphatic carbocycles. The van der Waals surface area contributed by atoms with Crippen molar-refractivity contribution in [1.29, 1.82) is 0 Å². The minimum absolute atomic E-state index is 1.18. The second-order valence-electron chi connectivity index (χ2n) is 10.4. The van der Waals surface area contributed by atoms with Gasteiger partial charge in [0.25, 0.3) is 0 Å². The van der Waals surface area contributed by atoms with Crippen molar-refractivity contribution in [2.24, 2.45) is 0 Å². The maximum Gasteiger partial charge on any atom is 0.0562 e. The van der Waals surface area contributed by atoms with Gasteiger partial charge in [-0.15, -0.1) is 0 Å². The number of fused-ring (bicyclic) bond motifs is 5. The van der Waals surface area contributed by atoms with E-state index < -0.39 is 0 Å². The summed E-state index contributed by atoms with van der Waals surface area (Å²) in [6.07, 6.45) is 0. The van der Waals surface area contributed by atoms with Gasteiger partial charge in [0.1, 0.15) is 0 Å². The lowest BCUT2D eigenvalue weighted by atomic mass is 9.89. The highest BCUT2D eigenvalue weighted by Gasteiger charge is 2.28. The lowest BCUT2D eigenvalue weighted by Crippen LogP contribution is -2.15. The summed E-state index contributed by atoms with van der Waals surface area (Å²) in [5, 5.41) is 5.14. The molecule has 0 atom stereocenters. The Bertz CT molecular complexity index is 2020. The van der Waals surface area contributed by atoms with Gasteiger partial charge < -0.3 is 9.47 Å². The van der Waals surface area contributed by atoms with Crippen LogP contribution in [0.15, 0.2) is 121 Å². The molecule has 0 saturated heterocycles. The SMILES string of the molecule is Cc1cc(C)cc(N2c3cc4c(cc3-c3cccc5cccc2c35)c2ccccc2n4-c2ccccc2)c1. The zero-order valence-corrected chi connectivity index (χ0v) is 21.4. The number of aryl methyl sites for hydroxylation is 2. The predicted octanol–water partition coefficient (Wildman–Crippen LogP) is 10.0. The predicted molar refractivity (Wildman–Crippen MR) is 161 cm³/mol. The molecule has 2 heterocycles. The first-order valence-corrected chi connectivity index (χ1v) is 13.2. The van der Waals surface area contributed by atoms with Gasteiger partial charge >= 0.3 is 0 Å². The topological polar surface area (TPSA) is 8.17 Å². The first-order valence-electron chi connectivity index (χ1n) is 13.2. The molecule has 1 aromatic heterocycles. The van der Waals surface area contributed by atoms with Crippen LogP contribution in [0, 0.1) is 13.8 Å². The average Bonchev–Trinajstić information content (AvgIpc) is 3.26. The van der Waals surface area contributed by atoms with E-state index in [1.54, 1.807) is 0 Å². The van der Waals surface area contributed by atoms with Crippen LogP contribution in [-0.4, -0.2) is 4.57 Å². The fourth-order valence-electron chi connectivity index (χ4n) is 6.48. The van der Waals surface area contributed by atoms with E-state index in [0.717, 1.165) is 0 Å². The summed E-state index contributed by atoms with van der Waals surface area (Å²) >= 11 is 0. The molecule has 1 aliphatic rings. The number of nitrogens with zero attached hydrogens (tertiary/aromatic N) is 2. The molecule has 7 aromatic rings. The fraction of sp³-hybridized carbons (Fsp3) is 0.0556. The van der Waals surface area contributed by atoms with Crippen molar-refractivity contribution in [1.82, 2.24) is 4.57 Å². The molecule has 0 fully saturated rings. The summed E-state index contributed by atoms with van der Waals surface area (Å²) in [5.41, 5.74) is 12.4. The van der Waals surface area contributed by atoms with Gasteiger partial charge in [0.2, 0.25) is 0 Å². The smallest absolute Gasteiger partial charge is 0.0562 e. The van der Waals surface area contributed by atoms with E-state index in [-0.39, 0.29) is 0 Å². The molecule has 6 aromatic carbocycles. The molecule has 38 heavy (non-hydrogen) atoms. The van der Waals surface area contributed by atoms with Crippen LogP contribution in [0.1, 0.15) is 11.1 Å². The summed E-state index contributed by atoms with van der Waals surface area (Å²) in [7, 11) is 0. The monoisotopic (exact) mass is 486 g/mol. The van der Waals surface area contributed by atoms with E-state index in [0.29, 0.717) is 0 Å². The second-order valence-corrected chi connectivity index (χ2v) is 10.4. The first kappa shape index (κ1) is 21.3. The van der Waals surface area contributed by atoms with Crippen LogP contribution in [0.4, 0.5) is 17.1 Å². The van der Waals surface area contributed by atoms with Gasteiger partial charge in [-0.25, -0.2) is 0 Å². The third-order valence-electron chi connectivity index (χ3n) is 7.92. The standard InChI is InChI=1S/C36H26N2/c1-23-18-24(2)20-27(19-23)38-33-17-9-11-25-10-8-15-29(36(25)33)31-21-30-28-14-6-7-16-32(28)37(34(30)22-35(31)38)26-12-4-3-5-13-26/h3-22H,1-2H3. The molecule has 0 spiro atoms. The van der Waals surface area contributed by atoms with Crippen LogP contribution in [0.3, 0.4) is 0 Å².